The number of hydrogen-bond donors (Lipinski definition) is 0. The summed E-state index contributed by atoms with van der Waals surface area (Å²) in [7, 11) is 4.77. The summed E-state index contributed by atoms with van der Waals surface area (Å²) in [5, 5.41) is 0. The van der Waals surface area contributed by atoms with E-state index in [1.165, 1.54) is 127 Å². The van der Waals surface area contributed by atoms with E-state index in [2.05, 4.69) is 27.9 Å². The second-order valence-corrected chi connectivity index (χ2v) is 8.69. The molecule has 0 aromatic rings. The molecule has 25 heavy (non-hydrogen) atoms. The van der Waals surface area contributed by atoms with E-state index < -0.39 is 0 Å². The number of halogens is 1. The number of unbranched alkanes of at least 4 members (excludes halogenated alkanes) is 15. The van der Waals surface area contributed by atoms with Crippen molar-refractivity contribution in [2.45, 2.75) is 123 Å². The van der Waals surface area contributed by atoms with Crippen LogP contribution in [0.1, 0.15) is 123 Å². The van der Waals surface area contributed by atoms with Gasteiger partial charge >= 0.3 is 0 Å². The smallest absolute Gasteiger partial charge is 0.0782 e. The van der Waals surface area contributed by atoms with Crippen LogP contribution in [0.2, 0.25) is 0 Å². The molecule has 0 aromatic heterocycles. The summed E-state index contributed by atoms with van der Waals surface area (Å²) in [6, 6.07) is 0. The highest BCUT2D eigenvalue weighted by atomic mass is 79.9. The maximum atomic E-state index is 2.38. The first-order chi connectivity index (χ1) is 11.6. The van der Waals surface area contributed by atoms with E-state index >= 15 is 0 Å². The van der Waals surface area contributed by atoms with Crippen LogP contribution in [0.4, 0.5) is 0 Å². The lowest BCUT2D eigenvalue weighted by Gasteiger charge is -2.29. The largest absolute Gasteiger partial charge is 1.00 e. The molecule has 0 rings (SSSR count). The fourth-order valence-electron chi connectivity index (χ4n) is 3.81. The van der Waals surface area contributed by atoms with Gasteiger partial charge in [-0.2, -0.15) is 0 Å². The minimum Gasteiger partial charge on any atom is -1.00 e. The van der Waals surface area contributed by atoms with E-state index in [-0.39, 0.29) is 17.0 Å². The predicted octanol–water partition coefficient (Wildman–Crippen LogP) is 4.74. The maximum absolute atomic E-state index is 2.38. The average molecular weight is 421 g/mol. The third-order valence-corrected chi connectivity index (χ3v) is 5.45. The van der Waals surface area contributed by atoms with Gasteiger partial charge < -0.3 is 21.5 Å². The van der Waals surface area contributed by atoms with Gasteiger partial charge in [-0.1, -0.05) is 104 Å². The van der Waals surface area contributed by atoms with Crippen molar-refractivity contribution in [2.75, 3.05) is 27.2 Å². The lowest BCUT2D eigenvalue weighted by Crippen LogP contribution is -3.00. The van der Waals surface area contributed by atoms with Gasteiger partial charge in [0.1, 0.15) is 0 Å². The topological polar surface area (TPSA) is 0 Å². The Morgan fingerprint density at radius 1 is 0.400 bits per heavy atom. The quantitative estimate of drug-likeness (QED) is 0.209. The molecule has 0 amide bonds. The Labute approximate surface area is 171 Å². The number of hydrogen-bond acceptors (Lipinski definition) is 0. The highest BCUT2D eigenvalue weighted by Crippen LogP contribution is 2.14. The molecule has 0 fully saturated rings. The van der Waals surface area contributed by atoms with Crippen molar-refractivity contribution in [3.63, 3.8) is 0 Å². The molecule has 0 N–H and O–H groups in total. The first-order valence-corrected chi connectivity index (χ1v) is 11.4. The van der Waals surface area contributed by atoms with Gasteiger partial charge in [-0.05, 0) is 19.3 Å². The normalized spacial score (nSPS) is 11.5. The number of quaternary nitrogens is 1. The summed E-state index contributed by atoms with van der Waals surface area (Å²) in [5.74, 6) is 0. The zero-order chi connectivity index (χ0) is 17.9. The minimum absolute atomic E-state index is 0. The van der Waals surface area contributed by atoms with Crippen LogP contribution in [-0.2, 0) is 0 Å². The van der Waals surface area contributed by atoms with Crippen LogP contribution in [0.3, 0.4) is 0 Å². The third kappa shape index (κ3) is 22.4. The van der Waals surface area contributed by atoms with Gasteiger partial charge in [-0.25, -0.2) is 0 Å². The Hall–Kier alpha value is 0.440. The average Bonchev–Trinajstić information content (AvgIpc) is 2.54. The molecular formula is C23H50BrN. The summed E-state index contributed by atoms with van der Waals surface area (Å²) in [4.78, 5) is 0. The Morgan fingerprint density at radius 3 is 1.04 bits per heavy atom. The SMILES string of the molecule is CCCCCCCCCCCCCCCCCC[N+](C)(C)CCC.[Br-]. The number of rotatable bonds is 19. The summed E-state index contributed by atoms with van der Waals surface area (Å²) >= 11 is 0. The van der Waals surface area contributed by atoms with Crippen LogP contribution in [-0.4, -0.2) is 31.7 Å². The lowest BCUT2D eigenvalue weighted by atomic mass is 10.0. The van der Waals surface area contributed by atoms with Crippen LogP contribution >= 0.6 is 0 Å². The van der Waals surface area contributed by atoms with Gasteiger partial charge in [-0.15, -0.1) is 0 Å². The van der Waals surface area contributed by atoms with E-state index in [1.807, 2.05) is 0 Å². The van der Waals surface area contributed by atoms with Gasteiger partial charge in [0.05, 0.1) is 27.2 Å². The van der Waals surface area contributed by atoms with Crippen molar-refractivity contribution in [1.29, 1.82) is 0 Å². The molecule has 0 aliphatic heterocycles. The van der Waals surface area contributed by atoms with Crippen LogP contribution in [0.15, 0.2) is 0 Å². The minimum atomic E-state index is 0. The third-order valence-electron chi connectivity index (χ3n) is 5.45. The summed E-state index contributed by atoms with van der Waals surface area (Å²) < 4.78 is 1.22. The first kappa shape index (κ1) is 27.7. The number of nitrogens with zero attached hydrogens (tertiary/aromatic N) is 1. The van der Waals surface area contributed by atoms with E-state index in [9.17, 15) is 0 Å². The molecule has 0 saturated heterocycles. The molecule has 0 heterocycles. The second-order valence-electron chi connectivity index (χ2n) is 8.69. The highest BCUT2D eigenvalue weighted by Gasteiger charge is 2.11. The van der Waals surface area contributed by atoms with Crippen LogP contribution < -0.4 is 17.0 Å². The van der Waals surface area contributed by atoms with Gasteiger partial charge in [0.25, 0.3) is 0 Å². The Bertz CT molecular complexity index is 240. The highest BCUT2D eigenvalue weighted by molar-refractivity contribution is 4.50. The van der Waals surface area contributed by atoms with Crippen LogP contribution in [0.25, 0.3) is 0 Å². The molecule has 0 radical (unpaired) electrons. The van der Waals surface area contributed by atoms with Crippen LogP contribution in [0.5, 0.6) is 0 Å². The summed E-state index contributed by atoms with van der Waals surface area (Å²) in [6.45, 7) is 7.30. The Morgan fingerprint density at radius 2 is 0.720 bits per heavy atom. The molecule has 0 aliphatic carbocycles. The van der Waals surface area contributed by atoms with E-state index in [0.29, 0.717) is 0 Å². The van der Waals surface area contributed by atoms with Crippen molar-refractivity contribution in [3.8, 4) is 0 Å². The predicted molar refractivity (Wildman–Crippen MR) is 112 cm³/mol. The summed E-state index contributed by atoms with van der Waals surface area (Å²) in [5.41, 5.74) is 0. The molecule has 0 aliphatic rings. The Balaban J connectivity index is 0. The zero-order valence-corrected chi connectivity index (χ0v) is 19.8. The molecule has 154 valence electrons. The molecule has 0 bridgehead atoms. The molecule has 0 aromatic carbocycles. The van der Waals surface area contributed by atoms with E-state index in [0.717, 1.165) is 0 Å². The van der Waals surface area contributed by atoms with Crippen molar-refractivity contribution in [3.05, 3.63) is 0 Å². The second kappa shape index (κ2) is 20.7. The summed E-state index contributed by atoms with van der Waals surface area (Å²) in [6.07, 6.45) is 24.7. The molecule has 0 spiro atoms. The van der Waals surface area contributed by atoms with Gasteiger partial charge in [0, 0.05) is 0 Å². The monoisotopic (exact) mass is 419 g/mol. The fraction of sp³-hybridized carbons (Fsp3) is 1.00. The van der Waals surface area contributed by atoms with Crippen LogP contribution in [0, 0.1) is 0 Å². The van der Waals surface area contributed by atoms with Crippen molar-refractivity contribution in [2.24, 2.45) is 0 Å². The lowest BCUT2D eigenvalue weighted by molar-refractivity contribution is -0.890. The van der Waals surface area contributed by atoms with Crippen molar-refractivity contribution < 1.29 is 21.5 Å². The molecule has 0 saturated carbocycles. The molecule has 2 heteroatoms. The van der Waals surface area contributed by atoms with Gasteiger partial charge in [-0.3, -0.25) is 0 Å². The molecular weight excluding hydrogens is 370 g/mol. The van der Waals surface area contributed by atoms with Crippen molar-refractivity contribution >= 4 is 0 Å². The molecule has 1 nitrogen and oxygen atoms in total. The molecule has 0 atom stereocenters. The van der Waals surface area contributed by atoms with Gasteiger partial charge in [0.2, 0.25) is 0 Å². The van der Waals surface area contributed by atoms with Crippen molar-refractivity contribution in [1.82, 2.24) is 0 Å². The fourth-order valence-corrected chi connectivity index (χ4v) is 3.81. The van der Waals surface area contributed by atoms with E-state index in [4.69, 9.17) is 0 Å². The molecule has 0 unspecified atom stereocenters. The van der Waals surface area contributed by atoms with Gasteiger partial charge in [0.15, 0.2) is 0 Å². The zero-order valence-electron chi connectivity index (χ0n) is 18.3. The Kier molecular flexibility index (Phi) is 23.0. The van der Waals surface area contributed by atoms with E-state index in [1.54, 1.807) is 0 Å². The first-order valence-electron chi connectivity index (χ1n) is 11.4. The standard InChI is InChI=1S/C23H50N.BrH/c1-5-7-8-9-10-11-12-13-14-15-16-17-18-19-20-21-23-24(3,4)22-6-2;/h5-23H2,1-4H3;1H/q+1;/p-1. The maximum Gasteiger partial charge on any atom is 0.0782 e.